The number of ether oxygens (including phenoxy) is 1. The van der Waals surface area contributed by atoms with Gasteiger partial charge in [0.15, 0.2) is 11.6 Å². The molecule has 14 heavy (non-hydrogen) atoms. The van der Waals surface area contributed by atoms with Gasteiger partial charge in [0.25, 0.3) is 0 Å². The molecule has 1 aromatic rings. The molecule has 0 bridgehead atoms. The van der Waals surface area contributed by atoms with Gasteiger partial charge < -0.3 is 10.5 Å². The van der Waals surface area contributed by atoms with Crippen LogP contribution in [0.3, 0.4) is 0 Å². The summed E-state index contributed by atoms with van der Waals surface area (Å²) in [6.07, 6.45) is -4.89. The van der Waals surface area contributed by atoms with E-state index >= 15 is 0 Å². The zero-order valence-electron chi connectivity index (χ0n) is 6.94. The molecule has 1 rings (SSSR count). The van der Waals surface area contributed by atoms with Gasteiger partial charge in [0, 0.05) is 12.1 Å². The normalized spacial score (nSPS) is 11.5. The summed E-state index contributed by atoms with van der Waals surface area (Å²) in [5, 5.41) is 0. The number of hydrogen-bond donors (Lipinski definition) is 1. The Morgan fingerprint density at radius 1 is 1.29 bits per heavy atom. The maximum atomic E-state index is 13.1. The van der Waals surface area contributed by atoms with E-state index in [0.29, 0.717) is 0 Å². The van der Waals surface area contributed by atoms with E-state index in [1.807, 2.05) is 0 Å². The third-order valence-electron chi connectivity index (χ3n) is 1.49. The Morgan fingerprint density at radius 3 is 2.43 bits per heavy atom. The van der Waals surface area contributed by atoms with Gasteiger partial charge in [0.1, 0.15) is 0 Å². The van der Waals surface area contributed by atoms with Crippen LogP contribution in [-0.4, -0.2) is 6.36 Å². The molecule has 0 saturated carbocycles. The summed E-state index contributed by atoms with van der Waals surface area (Å²) in [6, 6.07) is 3.42. The molecule has 1 aromatic carbocycles. The zero-order valence-corrected chi connectivity index (χ0v) is 6.94. The molecule has 78 valence electrons. The summed E-state index contributed by atoms with van der Waals surface area (Å²) < 4.78 is 51.8. The second kappa shape index (κ2) is 3.83. The minimum Gasteiger partial charge on any atom is -0.403 e. The molecule has 2 N–H and O–H groups in total. The SMILES string of the molecule is NCc1cccc(OC(F)(F)F)c1F. The van der Waals surface area contributed by atoms with E-state index in [1.54, 1.807) is 0 Å². The molecule has 2 nitrogen and oxygen atoms in total. The summed E-state index contributed by atoms with van der Waals surface area (Å²) in [5.74, 6) is -1.94. The Balaban J connectivity index is 2.98. The summed E-state index contributed by atoms with van der Waals surface area (Å²) >= 11 is 0. The fourth-order valence-electron chi connectivity index (χ4n) is 0.917. The van der Waals surface area contributed by atoms with Crippen LogP contribution in [0.15, 0.2) is 18.2 Å². The van der Waals surface area contributed by atoms with Gasteiger partial charge in [-0.15, -0.1) is 13.2 Å². The molecule has 0 aliphatic rings. The molecular weight excluding hydrogens is 202 g/mol. The molecule has 6 heteroatoms. The van der Waals surface area contributed by atoms with Crippen LogP contribution in [0.25, 0.3) is 0 Å². The van der Waals surface area contributed by atoms with E-state index in [1.165, 1.54) is 12.1 Å². The lowest BCUT2D eigenvalue weighted by Gasteiger charge is -2.10. The third kappa shape index (κ3) is 2.59. The topological polar surface area (TPSA) is 35.2 Å². The van der Waals surface area contributed by atoms with E-state index < -0.39 is 17.9 Å². The van der Waals surface area contributed by atoms with Crippen molar-refractivity contribution in [1.29, 1.82) is 0 Å². The highest BCUT2D eigenvalue weighted by molar-refractivity contribution is 5.31. The minimum absolute atomic E-state index is 0.0215. The lowest BCUT2D eigenvalue weighted by Crippen LogP contribution is -2.18. The molecule has 0 aromatic heterocycles. The molecule has 0 atom stereocenters. The van der Waals surface area contributed by atoms with Crippen molar-refractivity contribution >= 4 is 0 Å². The summed E-state index contributed by atoms with van der Waals surface area (Å²) in [5.41, 5.74) is 5.08. The summed E-state index contributed by atoms with van der Waals surface area (Å²) in [6.45, 7) is -0.180. The van der Waals surface area contributed by atoms with Gasteiger partial charge in [0.05, 0.1) is 0 Å². The molecule has 0 saturated heterocycles. The van der Waals surface area contributed by atoms with E-state index in [2.05, 4.69) is 4.74 Å². The first-order valence-corrected chi connectivity index (χ1v) is 3.67. The number of rotatable bonds is 2. The minimum atomic E-state index is -4.89. The third-order valence-corrected chi connectivity index (χ3v) is 1.49. The van der Waals surface area contributed by atoms with Crippen LogP contribution >= 0.6 is 0 Å². The van der Waals surface area contributed by atoms with Crippen LogP contribution in [0.1, 0.15) is 5.56 Å². The number of nitrogens with two attached hydrogens (primary N) is 1. The quantitative estimate of drug-likeness (QED) is 0.757. The van der Waals surface area contributed by atoms with Crippen molar-refractivity contribution in [1.82, 2.24) is 0 Å². The van der Waals surface area contributed by atoms with Crippen LogP contribution in [-0.2, 0) is 6.54 Å². The predicted molar refractivity (Wildman–Crippen MR) is 41.0 cm³/mol. The lowest BCUT2D eigenvalue weighted by molar-refractivity contribution is -0.275. The van der Waals surface area contributed by atoms with Crippen LogP contribution in [0.4, 0.5) is 17.6 Å². The molecule has 0 fully saturated rings. The first kappa shape index (κ1) is 10.8. The van der Waals surface area contributed by atoms with Crippen LogP contribution in [0.2, 0.25) is 0 Å². The maximum Gasteiger partial charge on any atom is 0.573 e. The van der Waals surface area contributed by atoms with Crippen molar-refractivity contribution < 1.29 is 22.3 Å². The zero-order chi connectivity index (χ0) is 10.8. The summed E-state index contributed by atoms with van der Waals surface area (Å²) in [7, 11) is 0. The first-order chi connectivity index (χ1) is 6.44. The molecule has 0 unspecified atom stereocenters. The van der Waals surface area contributed by atoms with Crippen LogP contribution in [0, 0.1) is 5.82 Å². The molecule has 0 aliphatic heterocycles. The van der Waals surface area contributed by atoms with Gasteiger partial charge in [-0.2, -0.15) is 0 Å². The highest BCUT2D eigenvalue weighted by Gasteiger charge is 2.32. The fraction of sp³-hybridized carbons (Fsp3) is 0.250. The maximum absolute atomic E-state index is 13.1. The first-order valence-electron chi connectivity index (χ1n) is 3.67. The van der Waals surface area contributed by atoms with Gasteiger partial charge in [-0.3, -0.25) is 0 Å². The standard InChI is InChI=1S/C8H7F4NO/c9-7-5(4-13)2-1-3-6(7)14-8(10,11)12/h1-3H,4,13H2. The monoisotopic (exact) mass is 209 g/mol. The molecule has 0 spiro atoms. The van der Waals surface area contributed by atoms with Crippen molar-refractivity contribution in [2.45, 2.75) is 12.9 Å². The molecule has 0 aliphatic carbocycles. The molecule has 0 amide bonds. The molecule has 0 heterocycles. The number of benzene rings is 1. The number of halogens is 4. The van der Waals surface area contributed by atoms with E-state index in [-0.39, 0.29) is 12.1 Å². The smallest absolute Gasteiger partial charge is 0.403 e. The Labute approximate surface area is 77.3 Å². The highest BCUT2D eigenvalue weighted by Crippen LogP contribution is 2.26. The van der Waals surface area contributed by atoms with Crippen molar-refractivity contribution in [3.63, 3.8) is 0 Å². The molecular formula is C8H7F4NO. The second-order valence-electron chi connectivity index (χ2n) is 2.48. The number of hydrogen-bond acceptors (Lipinski definition) is 2. The lowest BCUT2D eigenvalue weighted by atomic mass is 10.2. The second-order valence-corrected chi connectivity index (χ2v) is 2.48. The van der Waals surface area contributed by atoms with E-state index in [4.69, 9.17) is 5.73 Å². The van der Waals surface area contributed by atoms with E-state index in [9.17, 15) is 17.6 Å². The number of alkyl halides is 3. The van der Waals surface area contributed by atoms with Crippen molar-refractivity contribution in [2.75, 3.05) is 0 Å². The van der Waals surface area contributed by atoms with Gasteiger partial charge in [0.2, 0.25) is 0 Å². The molecule has 0 radical (unpaired) electrons. The Bertz CT molecular complexity index is 324. The average Bonchev–Trinajstić information content (AvgIpc) is 2.06. The van der Waals surface area contributed by atoms with Gasteiger partial charge >= 0.3 is 6.36 Å². The van der Waals surface area contributed by atoms with Crippen LogP contribution < -0.4 is 10.5 Å². The van der Waals surface area contributed by atoms with Gasteiger partial charge in [-0.1, -0.05) is 12.1 Å². The van der Waals surface area contributed by atoms with Crippen molar-refractivity contribution in [2.24, 2.45) is 5.73 Å². The average molecular weight is 209 g/mol. The van der Waals surface area contributed by atoms with Crippen molar-refractivity contribution in [3.05, 3.63) is 29.6 Å². The highest BCUT2D eigenvalue weighted by atomic mass is 19.4. The van der Waals surface area contributed by atoms with Gasteiger partial charge in [-0.05, 0) is 6.07 Å². The Morgan fingerprint density at radius 2 is 1.93 bits per heavy atom. The van der Waals surface area contributed by atoms with Crippen LogP contribution in [0.5, 0.6) is 5.75 Å². The predicted octanol–water partition coefficient (Wildman–Crippen LogP) is 2.18. The Hall–Kier alpha value is -1.30. The fourth-order valence-corrected chi connectivity index (χ4v) is 0.917. The van der Waals surface area contributed by atoms with Crippen molar-refractivity contribution in [3.8, 4) is 5.75 Å². The van der Waals surface area contributed by atoms with Gasteiger partial charge in [-0.25, -0.2) is 4.39 Å². The summed E-state index contributed by atoms with van der Waals surface area (Å²) in [4.78, 5) is 0. The Kier molecular flexibility index (Phi) is 2.95. The largest absolute Gasteiger partial charge is 0.573 e. The van der Waals surface area contributed by atoms with E-state index in [0.717, 1.165) is 6.07 Å².